The Kier molecular flexibility index (Phi) is 6.02. The molecular weight excluding hydrogens is 302 g/mol. The molecule has 0 bridgehead atoms. The van der Waals surface area contributed by atoms with Gasteiger partial charge in [0.15, 0.2) is 6.29 Å². The Morgan fingerprint density at radius 1 is 1.35 bits per heavy atom. The Morgan fingerprint density at radius 3 is 2.74 bits per heavy atom. The maximum Gasteiger partial charge on any atom is 0.345 e. The number of carboxylic acid groups (broad SMARTS) is 1. The summed E-state index contributed by atoms with van der Waals surface area (Å²) in [6, 6.07) is 9.91. The van der Waals surface area contributed by atoms with Crippen LogP contribution < -0.4 is 5.32 Å². The van der Waals surface area contributed by atoms with Crippen molar-refractivity contribution in [3.63, 3.8) is 0 Å². The van der Waals surface area contributed by atoms with Crippen LogP contribution in [0, 0.1) is 0 Å². The Hall–Kier alpha value is -2.51. The molecule has 7 heteroatoms. The first-order valence-electron chi connectivity index (χ1n) is 7.12. The normalized spacial score (nSPS) is 21.0. The van der Waals surface area contributed by atoms with E-state index in [1.54, 1.807) is 0 Å². The second kappa shape index (κ2) is 8.21. The number of hydrogen-bond donors (Lipinski definition) is 2. The molecule has 0 aliphatic carbocycles. The van der Waals surface area contributed by atoms with E-state index in [0.717, 1.165) is 12.8 Å². The number of carboxylic acids is 1. The third-order valence-corrected chi connectivity index (χ3v) is 3.28. The van der Waals surface area contributed by atoms with Gasteiger partial charge in [0.1, 0.15) is 5.57 Å². The Labute approximate surface area is 132 Å². The lowest BCUT2D eigenvalue weighted by Gasteiger charge is -2.13. The van der Waals surface area contributed by atoms with E-state index in [4.69, 9.17) is 14.6 Å². The van der Waals surface area contributed by atoms with Gasteiger partial charge in [0.2, 0.25) is 0 Å². The molecule has 23 heavy (non-hydrogen) atoms. The maximum atomic E-state index is 11.6. The Balaban J connectivity index is 1.80. The zero-order valence-corrected chi connectivity index (χ0v) is 12.3. The van der Waals surface area contributed by atoms with Gasteiger partial charge in [-0.1, -0.05) is 30.3 Å². The first-order chi connectivity index (χ1) is 11.1. The lowest BCUT2D eigenvalue weighted by atomic mass is 10.1. The topological polar surface area (TPSA) is 102 Å². The number of carbonyl (C=O) groups excluding carboxylic acids is 2. The molecule has 0 aromatic heterocycles. The van der Waals surface area contributed by atoms with Crippen molar-refractivity contribution in [3.05, 3.63) is 47.5 Å². The molecule has 1 aliphatic rings. The van der Waals surface area contributed by atoms with Crippen LogP contribution in [0.5, 0.6) is 0 Å². The van der Waals surface area contributed by atoms with Crippen LogP contribution in [-0.4, -0.2) is 42.4 Å². The number of aryl methyl sites for hydroxylation is 1. The van der Waals surface area contributed by atoms with Crippen LogP contribution in [-0.2, 0) is 30.3 Å². The summed E-state index contributed by atoms with van der Waals surface area (Å²) in [7, 11) is 0. The molecule has 0 amide bonds. The van der Waals surface area contributed by atoms with Crippen molar-refractivity contribution in [3.8, 4) is 0 Å². The van der Waals surface area contributed by atoms with Gasteiger partial charge in [-0.15, -0.1) is 0 Å². The van der Waals surface area contributed by atoms with Crippen molar-refractivity contribution in [2.45, 2.75) is 25.4 Å². The number of ether oxygens (including phenoxy) is 2. The van der Waals surface area contributed by atoms with Gasteiger partial charge in [-0.25, -0.2) is 9.59 Å². The summed E-state index contributed by atoms with van der Waals surface area (Å²) in [6.07, 6.45) is 1.09. The number of aliphatic carboxylic acids is 1. The van der Waals surface area contributed by atoms with Gasteiger partial charge in [-0.3, -0.25) is 10.1 Å². The fraction of sp³-hybridized carbons (Fsp3) is 0.312. The van der Waals surface area contributed by atoms with Gasteiger partial charge in [0.05, 0.1) is 6.10 Å². The Bertz CT molecular complexity index is 598. The average Bonchev–Trinajstić information content (AvgIpc) is 2.98. The SMILES string of the molecule is O=C/C(=C\C(=O)O)C(=O)OC1NCC(CCc2ccccc2)O1. The predicted octanol–water partition coefficient (Wildman–Crippen LogP) is 0.644. The summed E-state index contributed by atoms with van der Waals surface area (Å²) in [6.45, 7) is 0.504. The fourth-order valence-corrected chi connectivity index (χ4v) is 2.15. The number of benzene rings is 1. The second-order valence-electron chi connectivity index (χ2n) is 4.98. The highest BCUT2D eigenvalue weighted by Crippen LogP contribution is 2.14. The molecule has 2 atom stereocenters. The molecule has 0 radical (unpaired) electrons. The van der Waals surface area contributed by atoms with Crippen LogP contribution in [0.1, 0.15) is 12.0 Å². The molecule has 1 saturated heterocycles. The summed E-state index contributed by atoms with van der Waals surface area (Å²) >= 11 is 0. The van der Waals surface area contributed by atoms with Gasteiger partial charge < -0.3 is 14.6 Å². The van der Waals surface area contributed by atoms with Crippen LogP contribution in [0.3, 0.4) is 0 Å². The van der Waals surface area contributed by atoms with E-state index in [9.17, 15) is 14.4 Å². The minimum atomic E-state index is -1.40. The summed E-state index contributed by atoms with van der Waals surface area (Å²) in [5, 5.41) is 11.4. The molecule has 1 aliphatic heterocycles. The van der Waals surface area contributed by atoms with E-state index in [1.807, 2.05) is 30.3 Å². The average molecular weight is 319 g/mol. The molecule has 1 heterocycles. The first-order valence-corrected chi connectivity index (χ1v) is 7.12. The first kappa shape index (κ1) is 16.9. The predicted molar refractivity (Wildman–Crippen MR) is 79.3 cm³/mol. The summed E-state index contributed by atoms with van der Waals surface area (Å²) < 4.78 is 10.4. The molecule has 1 aromatic rings. The van der Waals surface area contributed by atoms with Crippen molar-refractivity contribution in [1.82, 2.24) is 5.32 Å². The zero-order valence-electron chi connectivity index (χ0n) is 12.3. The van der Waals surface area contributed by atoms with E-state index < -0.39 is 23.9 Å². The van der Waals surface area contributed by atoms with Crippen molar-refractivity contribution >= 4 is 18.2 Å². The van der Waals surface area contributed by atoms with Crippen molar-refractivity contribution in [1.29, 1.82) is 0 Å². The molecule has 0 saturated carbocycles. The lowest BCUT2D eigenvalue weighted by molar-refractivity contribution is -0.174. The van der Waals surface area contributed by atoms with Crippen LogP contribution in [0.25, 0.3) is 0 Å². The largest absolute Gasteiger partial charge is 0.478 e. The molecule has 0 spiro atoms. The van der Waals surface area contributed by atoms with Crippen molar-refractivity contribution in [2.24, 2.45) is 0 Å². The quantitative estimate of drug-likeness (QED) is 0.250. The number of aldehydes is 1. The molecule has 122 valence electrons. The van der Waals surface area contributed by atoms with E-state index in [2.05, 4.69) is 5.32 Å². The van der Waals surface area contributed by atoms with Crippen LogP contribution in [0.4, 0.5) is 0 Å². The number of nitrogens with one attached hydrogen (secondary N) is 1. The molecular formula is C16H17NO6. The number of carbonyl (C=O) groups is 3. The van der Waals surface area contributed by atoms with Crippen LogP contribution in [0.2, 0.25) is 0 Å². The highest BCUT2D eigenvalue weighted by molar-refractivity contribution is 6.11. The smallest absolute Gasteiger partial charge is 0.345 e. The fourth-order valence-electron chi connectivity index (χ4n) is 2.15. The standard InChI is InChI=1S/C16H17NO6/c18-10-12(8-14(19)20)15(21)23-16-17-9-13(22-16)7-6-11-4-2-1-3-5-11/h1-5,8,10,13,16-17H,6-7,9H2,(H,19,20)/b12-8+. The number of esters is 1. The Morgan fingerprint density at radius 2 is 2.09 bits per heavy atom. The van der Waals surface area contributed by atoms with Crippen LogP contribution >= 0.6 is 0 Å². The van der Waals surface area contributed by atoms with Gasteiger partial charge in [0.25, 0.3) is 6.41 Å². The van der Waals surface area contributed by atoms with E-state index in [0.29, 0.717) is 12.6 Å². The second-order valence-corrected chi connectivity index (χ2v) is 4.98. The van der Waals surface area contributed by atoms with Crippen molar-refractivity contribution in [2.75, 3.05) is 6.54 Å². The van der Waals surface area contributed by atoms with E-state index in [1.165, 1.54) is 5.56 Å². The third kappa shape index (κ3) is 5.32. The third-order valence-electron chi connectivity index (χ3n) is 3.28. The van der Waals surface area contributed by atoms with Gasteiger partial charge in [-0.05, 0) is 18.4 Å². The number of rotatable bonds is 7. The molecule has 2 rings (SSSR count). The minimum Gasteiger partial charge on any atom is -0.478 e. The van der Waals surface area contributed by atoms with E-state index in [-0.39, 0.29) is 12.4 Å². The highest BCUT2D eigenvalue weighted by Gasteiger charge is 2.28. The van der Waals surface area contributed by atoms with Gasteiger partial charge >= 0.3 is 11.9 Å². The van der Waals surface area contributed by atoms with Gasteiger partial charge in [-0.2, -0.15) is 0 Å². The number of hydrogen-bond acceptors (Lipinski definition) is 6. The molecule has 7 nitrogen and oxygen atoms in total. The minimum absolute atomic E-state index is 0.129. The molecule has 1 fully saturated rings. The van der Waals surface area contributed by atoms with Gasteiger partial charge in [0, 0.05) is 12.6 Å². The van der Waals surface area contributed by atoms with Crippen molar-refractivity contribution < 1.29 is 29.0 Å². The van der Waals surface area contributed by atoms with E-state index >= 15 is 0 Å². The van der Waals surface area contributed by atoms with Crippen LogP contribution in [0.15, 0.2) is 42.0 Å². The summed E-state index contributed by atoms with van der Waals surface area (Å²) in [4.78, 5) is 32.8. The molecule has 2 unspecified atom stereocenters. The lowest BCUT2D eigenvalue weighted by Crippen LogP contribution is -2.29. The highest BCUT2D eigenvalue weighted by atomic mass is 16.7. The summed E-state index contributed by atoms with van der Waals surface area (Å²) in [5.74, 6) is -2.44. The molecule has 2 N–H and O–H groups in total. The summed E-state index contributed by atoms with van der Waals surface area (Å²) in [5.41, 5.74) is 0.611. The monoisotopic (exact) mass is 319 g/mol. The molecule has 1 aromatic carbocycles. The maximum absolute atomic E-state index is 11.6. The zero-order chi connectivity index (χ0) is 16.7.